The van der Waals surface area contributed by atoms with Crippen LogP contribution < -0.4 is 34.5 Å². The van der Waals surface area contributed by atoms with E-state index in [4.69, 9.17) is 24.4 Å². The van der Waals surface area contributed by atoms with Crippen LogP contribution in [-0.2, 0) is 6.18 Å². The van der Waals surface area contributed by atoms with Gasteiger partial charge in [0.05, 0.1) is 25.3 Å². The molecule has 15 heteroatoms. The van der Waals surface area contributed by atoms with E-state index in [9.17, 15) is 18.0 Å². The molecule has 280 valence electrons. The van der Waals surface area contributed by atoms with Crippen LogP contribution in [0.2, 0.25) is 0 Å². The van der Waals surface area contributed by atoms with Gasteiger partial charge in [-0.2, -0.15) is 13.2 Å². The maximum absolute atomic E-state index is 14.1. The summed E-state index contributed by atoms with van der Waals surface area (Å²) in [6, 6.07) is 15.3. The average molecular weight is 736 g/mol. The predicted octanol–water partition coefficient (Wildman–Crippen LogP) is 8.18. The van der Waals surface area contributed by atoms with E-state index in [1.165, 1.54) is 19.2 Å². The summed E-state index contributed by atoms with van der Waals surface area (Å²) in [5.41, 5.74) is 0.367. The fraction of sp³-hybridized carbons (Fsp3) is 0.389. The standard InChI is InChI=1S/C32H34F3N5O4S.C2H6.2CH4O/c1-4-45-39-20-11-14-40(15-12-20)27-9-8-22(17-25(27)32(33,34)35)38-31(41)37-21-6-5-7-23(16-21)44-28-10-13-36-26-19-30(43-3)29(42-2)18-24(26)28;3*1-2/h5-10,13,16-20,39H,4,11-12,14-15H2,1-3H3,(H2,37,38,41);1-2H3;2*2H,1H3. The molecule has 2 amide bonds. The topological polar surface area (TPSA) is 137 Å². The minimum absolute atomic E-state index is 0.0273. The van der Waals surface area contributed by atoms with Crippen molar-refractivity contribution >= 4 is 45.9 Å². The van der Waals surface area contributed by atoms with Gasteiger partial charge in [0.15, 0.2) is 11.5 Å². The van der Waals surface area contributed by atoms with E-state index in [1.807, 2.05) is 20.8 Å². The number of nitrogens with zero attached hydrogens (tertiary/aromatic N) is 2. The van der Waals surface area contributed by atoms with Crippen molar-refractivity contribution in [2.75, 3.05) is 62.8 Å². The summed E-state index contributed by atoms with van der Waals surface area (Å²) in [5.74, 6) is 2.90. The van der Waals surface area contributed by atoms with Crippen molar-refractivity contribution in [3.8, 4) is 23.0 Å². The van der Waals surface area contributed by atoms with Gasteiger partial charge >= 0.3 is 12.2 Å². The Labute approximate surface area is 301 Å². The number of amides is 2. The summed E-state index contributed by atoms with van der Waals surface area (Å²) < 4.78 is 62.6. The smallest absolute Gasteiger partial charge is 0.418 e. The van der Waals surface area contributed by atoms with E-state index in [1.54, 1.807) is 72.6 Å². The molecule has 4 aromatic rings. The number of hydrogen-bond acceptors (Lipinski definition) is 10. The molecule has 0 bridgehead atoms. The Hall–Kier alpha value is -4.44. The number of benzene rings is 3. The predicted molar refractivity (Wildman–Crippen MR) is 200 cm³/mol. The lowest BCUT2D eigenvalue weighted by Gasteiger charge is -2.35. The van der Waals surface area contributed by atoms with Gasteiger partial charge < -0.3 is 40.0 Å². The summed E-state index contributed by atoms with van der Waals surface area (Å²) in [4.78, 5) is 19.0. The molecule has 51 heavy (non-hydrogen) atoms. The normalized spacial score (nSPS) is 12.6. The largest absolute Gasteiger partial charge is 0.493 e. The summed E-state index contributed by atoms with van der Waals surface area (Å²) in [6.45, 7) is 7.06. The fourth-order valence-corrected chi connectivity index (χ4v) is 5.79. The number of halogens is 3. The van der Waals surface area contributed by atoms with Crippen LogP contribution in [0.4, 0.5) is 35.0 Å². The lowest BCUT2D eigenvalue weighted by Crippen LogP contribution is -2.41. The van der Waals surface area contributed by atoms with Crippen molar-refractivity contribution in [2.24, 2.45) is 0 Å². The monoisotopic (exact) mass is 735 g/mol. The highest BCUT2D eigenvalue weighted by atomic mass is 32.2. The summed E-state index contributed by atoms with van der Waals surface area (Å²) in [6.07, 6.45) is -1.49. The number of nitrogens with one attached hydrogen (secondary N) is 3. The molecule has 5 N–H and O–H groups in total. The highest BCUT2D eigenvalue weighted by molar-refractivity contribution is 7.97. The molecular weight excluding hydrogens is 687 g/mol. The zero-order valence-corrected chi connectivity index (χ0v) is 30.7. The van der Waals surface area contributed by atoms with E-state index in [0.717, 1.165) is 38.9 Å². The van der Waals surface area contributed by atoms with E-state index >= 15 is 0 Å². The lowest BCUT2D eigenvalue weighted by atomic mass is 10.0. The van der Waals surface area contributed by atoms with Crippen LogP contribution in [0.3, 0.4) is 0 Å². The number of alkyl halides is 3. The number of ether oxygens (including phenoxy) is 3. The average Bonchev–Trinajstić information content (AvgIpc) is 3.16. The summed E-state index contributed by atoms with van der Waals surface area (Å²) in [5, 5.41) is 19.9. The van der Waals surface area contributed by atoms with Gasteiger partial charge in [-0.1, -0.05) is 38.8 Å². The number of aromatic nitrogens is 1. The molecule has 0 unspecified atom stereocenters. The van der Waals surface area contributed by atoms with Crippen molar-refractivity contribution in [3.05, 3.63) is 72.4 Å². The van der Waals surface area contributed by atoms with Crippen LogP contribution in [0.5, 0.6) is 23.0 Å². The number of urea groups is 1. The molecule has 0 saturated carbocycles. The molecule has 3 aromatic carbocycles. The second kappa shape index (κ2) is 21.7. The minimum atomic E-state index is -4.59. The van der Waals surface area contributed by atoms with Gasteiger partial charge in [-0.25, -0.2) is 4.79 Å². The molecule has 5 rings (SSSR count). The molecule has 2 heterocycles. The molecule has 0 aliphatic carbocycles. The third kappa shape index (κ3) is 12.1. The molecule has 0 spiro atoms. The van der Waals surface area contributed by atoms with Crippen LogP contribution >= 0.6 is 11.9 Å². The number of fused-ring (bicyclic) bond motifs is 1. The van der Waals surface area contributed by atoms with E-state index < -0.39 is 17.8 Å². The number of methoxy groups -OCH3 is 2. The van der Waals surface area contributed by atoms with Crippen molar-refractivity contribution in [3.63, 3.8) is 0 Å². The highest BCUT2D eigenvalue weighted by Gasteiger charge is 2.36. The van der Waals surface area contributed by atoms with Crippen LogP contribution in [0.15, 0.2) is 66.9 Å². The molecule has 1 fully saturated rings. The molecule has 1 aliphatic rings. The second-order valence-electron chi connectivity index (χ2n) is 10.3. The molecule has 0 radical (unpaired) electrons. The van der Waals surface area contributed by atoms with Crippen molar-refractivity contribution < 1.29 is 42.4 Å². The van der Waals surface area contributed by atoms with Gasteiger partial charge in [0.25, 0.3) is 0 Å². The number of rotatable bonds is 10. The van der Waals surface area contributed by atoms with Gasteiger partial charge in [-0.15, -0.1) is 0 Å². The van der Waals surface area contributed by atoms with Crippen molar-refractivity contribution in [1.82, 2.24) is 9.71 Å². The Morgan fingerprint density at radius 3 is 2.14 bits per heavy atom. The molecular formula is C36H48F3N5O6S. The third-order valence-electron chi connectivity index (χ3n) is 7.32. The Balaban J connectivity index is 0.00000143. The van der Waals surface area contributed by atoms with Gasteiger partial charge in [0.1, 0.15) is 11.5 Å². The van der Waals surface area contributed by atoms with E-state index in [-0.39, 0.29) is 17.4 Å². The molecule has 0 atom stereocenters. The van der Waals surface area contributed by atoms with Gasteiger partial charge in [-0.05, 0) is 55.3 Å². The Morgan fingerprint density at radius 2 is 1.53 bits per heavy atom. The number of pyridine rings is 1. The van der Waals surface area contributed by atoms with Crippen LogP contribution in [0.1, 0.15) is 39.2 Å². The molecule has 1 aromatic heterocycles. The minimum Gasteiger partial charge on any atom is -0.493 e. The lowest BCUT2D eigenvalue weighted by molar-refractivity contribution is -0.137. The number of aliphatic hydroxyl groups is 2. The van der Waals surface area contributed by atoms with Crippen molar-refractivity contribution in [1.29, 1.82) is 0 Å². The number of piperidine rings is 1. The highest BCUT2D eigenvalue weighted by Crippen LogP contribution is 2.40. The number of anilines is 3. The number of carbonyl (C=O) groups is 1. The third-order valence-corrected chi connectivity index (χ3v) is 8.11. The zero-order valence-electron chi connectivity index (χ0n) is 29.9. The van der Waals surface area contributed by atoms with Crippen LogP contribution in [0, 0.1) is 0 Å². The number of aliphatic hydroxyl groups excluding tert-OH is 2. The number of carbonyl (C=O) groups excluding carboxylic acids is 1. The Morgan fingerprint density at radius 1 is 0.902 bits per heavy atom. The summed E-state index contributed by atoms with van der Waals surface area (Å²) in [7, 11) is 5.08. The van der Waals surface area contributed by atoms with Crippen LogP contribution in [-0.4, -0.2) is 74.6 Å². The first-order valence-electron chi connectivity index (χ1n) is 16.3. The van der Waals surface area contributed by atoms with Gasteiger partial charge in [0.2, 0.25) is 0 Å². The first kappa shape index (κ1) is 42.7. The Bertz CT molecular complexity index is 1660. The van der Waals surface area contributed by atoms with Crippen molar-refractivity contribution in [2.45, 2.75) is 45.8 Å². The molecule has 11 nitrogen and oxygen atoms in total. The van der Waals surface area contributed by atoms with Gasteiger partial charge in [0, 0.05) is 79.9 Å². The zero-order chi connectivity index (χ0) is 38.0. The van der Waals surface area contributed by atoms with Gasteiger partial charge in [-0.3, -0.25) is 9.71 Å². The summed E-state index contributed by atoms with van der Waals surface area (Å²) >= 11 is 1.62. The Kier molecular flexibility index (Phi) is 18.2. The maximum atomic E-state index is 14.1. The second-order valence-corrected chi connectivity index (χ2v) is 11.4. The maximum Gasteiger partial charge on any atom is 0.418 e. The van der Waals surface area contributed by atoms with E-state index in [0.29, 0.717) is 52.7 Å². The molecule has 1 saturated heterocycles. The quantitative estimate of drug-likeness (QED) is 0.101. The van der Waals surface area contributed by atoms with E-state index in [2.05, 4.69) is 20.3 Å². The fourth-order valence-electron chi connectivity index (χ4n) is 5.15. The first-order valence-corrected chi connectivity index (χ1v) is 17.3. The molecule has 1 aliphatic heterocycles. The number of hydrogen-bond donors (Lipinski definition) is 5. The van der Waals surface area contributed by atoms with Crippen LogP contribution in [0.25, 0.3) is 10.9 Å². The first-order chi connectivity index (χ1) is 24.7. The SMILES string of the molecule is CC.CCSNC1CCN(c2ccc(NC(=O)Nc3cccc(Oc4ccnc5cc(OC)c(OC)cc45)c3)cc2C(F)(F)F)CC1.CO.CO.